The molecule has 116 valence electrons. The highest BCUT2D eigenvalue weighted by molar-refractivity contribution is 7.92. The molecule has 2 heterocycles. The van der Waals surface area contributed by atoms with Gasteiger partial charge in [-0.25, -0.2) is 8.42 Å². The highest BCUT2D eigenvalue weighted by Crippen LogP contribution is 2.34. The first kappa shape index (κ1) is 14.6. The molecule has 0 amide bonds. The Hall–Kier alpha value is -1.31. The quantitative estimate of drug-likeness (QED) is 0.815. The molecule has 1 atom stereocenters. The van der Waals surface area contributed by atoms with Crippen LogP contribution in [0.2, 0.25) is 0 Å². The molecule has 7 heteroatoms. The van der Waals surface area contributed by atoms with Crippen LogP contribution in [0.5, 0.6) is 5.75 Å². The van der Waals surface area contributed by atoms with Crippen molar-refractivity contribution < 1.29 is 17.9 Å². The lowest BCUT2D eigenvalue weighted by Crippen LogP contribution is -2.50. The number of rotatable bonds is 3. The van der Waals surface area contributed by atoms with Crippen LogP contribution in [0.4, 0.5) is 5.69 Å². The molecule has 0 N–H and O–H groups in total. The van der Waals surface area contributed by atoms with Crippen LogP contribution in [0.1, 0.15) is 0 Å². The standard InChI is InChI=1S/C14H20N2O4S/c1-21(17,18)16-11-12(10-15-6-8-19-9-7-15)20-14-5-3-2-4-13(14)16/h2-5,12H,6-11H2,1H3. The number of benzene rings is 1. The average molecular weight is 312 g/mol. The molecular weight excluding hydrogens is 292 g/mol. The lowest BCUT2D eigenvalue weighted by Gasteiger charge is -2.37. The third-order valence-corrected chi connectivity index (χ3v) is 4.91. The van der Waals surface area contributed by atoms with Gasteiger partial charge in [0.1, 0.15) is 11.9 Å². The predicted octanol–water partition coefficient (Wildman–Crippen LogP) is 0.546. The van der Waals surface area contributed by atoms with E-state index >= 15 is 0 Å². The van der Waals surface area contributed by atoms with Crippen LogP contribution in [0.3, 0.4) is 0 Å². The fraction of sp³-hybridized carbons (Fsp3) is 0.571. The summed E-state index contributed by atoms with van der Waals surface area (Å²) in [5.74, 6) is 0.632. The molecule has 0 aliphatic carbocycles. The van der Waals surface area contributed by atoms with Gasteiger partial charge < -0.3 is 9.47 Å². The maximum atomic E-state index is 12.0. The first-order chi connectivity index (χ1) is 10.0. The topological polar surface area (TPSA) is 59.1 Å². The van der Waals surface area contributed by atoms with E-state index in [0.29, 0.717) is 24.5 Å². The summed E-state index contributed by atoms with van der Waals surface area (Å²) in [6.07, 6.45) is 1.08. The largest absolute Gasteiger partial charge is 0.485 e. The Kier molecular flexibility index (Phi) is 4.05. The van der Waals surface area contributed by atoms with E-state index in [1.165, 1.54) is 10.6 Å². The van der Waals surface area contributed by atoms with Crippen molar-refractivity contribution in [1.82, 2.24) is 4.90 Å². The second-order valence-electron chi connectivity index (χ2n) is 5.41. The van der Waals surface area contributed by atoms with E-state index in [1.54, 1.807) is 6.07 Å². The van der Waals surface area contributed by atoms with Crippen molar-refractivity contribution in [2.75, 3.05) is 50.0 Å². The first-order valence-corrected chi connectivity index (χ1v) is 8.92. The first-order valence-electron chi connectivity index (χ1n) is 7.07. The van der Waals surface area contributed by atoms with Gasteiger partial charge in [-0.1, -0.05) is 12.1 Å². The van der Waals surface area contributed by atoms with E-state index in [9.17, 15) is 8.42 Å². The van der Waals surface area contributed by atoms with Gasteiger partial charge in [0.05, 0.1) is 31.7 Å². The number of morpholine rings is 1. The van der Waals surface area contributed by atoms with Gasteiger partial charge in [0.15, 0.2) is 0 Å². The molecule has 0 saturated carbocycles. The minimum absolute atomic E-state index is 0.160. The molecule has 3 rings (SSSR count). The average Bonchev–Trinajstić information content (AvgIpc) is 2.46. The summed E-state index contributed by atoms with van der Waals surface area (Å²) in [6, 6.07) is 7.28. The maximum Gasteiger partial charge on any atom is 0.232 e. The number of fused-ring (bicyclic) bond motifs is 1. The molecule has 1 saturated heterocycles. The molecule has 0 bridgehead atoms. The second-order valence-corrected chi connectivity index (χ2v) is 7.32. The van der Waals surface area contributed by atoms with Crippen molar-refractivity contribution in [3.05, 3.63) is 24.3 Å². The fourth-order valence-corrected chi connectivity index (χ4v) is 3.69. The van der Waals surface area contributed by atoms with Crippen molar-refractivity contribution >= 4 is 15.7 Å². The molecule has 1 fully saturated rings. The molecular formula is C14H20N2O4S. The third kappa shape index (κ3) is 3.30. The minimum atomic E-state index is -3.30. The third-order valence-electron chi connectivity index (χ3n) is 3.76. The second kappa shape index (κ2) is 5.82. The molecule has 1 unspecified atom stereocenters. The molecule has 0 aromatic heterocycles. The molecule has 1 aromatic carbocycles. The van der Waals surface area contributed by atoms with Crippen LogP contribution in [-0.2, 0) is 14.8 Å². The maximum absolute atomic E-state index is 12.0. The lowest BCUT2D eigenvalue weighted by atomic mass is 10.2. The van der Waals surface area contributed by atoms with Crippen LogP contribution in [0, 0.1) is 0 Å². The van der Waals surface area contributed by atoms with Crippen molar-refractivity contribution in [2.24, 2.45) is 0 Å². The Labute approximate surface area is 125 Å². The number of hydrogen-bond acceptors (Lipinski definition) is 5. The zero-order valence-corrected chi connectivity index (χ0v) is 12.9. The van der Waals surface area contributed by atoms with Gasteiger partial charge in [-0.3, -0.25) is 9.21 Å². The van der Waals surface area contributed by atoms with E-state index in [0.717, 1.165) is 26.3 Å². The van der Waals surface area contributed by atoms with E-state index in [1.807, 2.05) is 18.2 Å². The van der Waals surface area contributed by atoms with E-state index < -0.39 is 10.0 Å². The number of anilines is 1. The van der Waals surface area contributed by atoms with Gasteiger partial charge in [0.2, 0.25) is 10.0 Å². The van der Waals surface area contributed by atoms with Gasteiger partial charge in [-0.2, -0.15) is 0 Å². The van der Waals surface area contributed by atoms with Crippen LogP contribution in [0.25, 0.3) is 0 Å². The monoisotopic (exact) mass is 312 g/mol. The summed E-state index contributed by atoms with van der Waals surface area (Å²) >= 11 is 0. The molecule has 2 aliphatic rings. The molecule has 21 heavy (non-hydrogen) atoms. The number of hydrogen-bond donors (Lipinski definition) is 0. The Morgan fingerprint density at radius 2 is 1.95 bits per heavy atom. The van der Waals surface area contributed by atoms with Crippen molar-refractivity contribution in [1.29, 1.82) is 0 Å². The Morgan fingerprint density at radius 1 is 1.24 bits per heavy atom. The summed E-state index contributed by atoms with van der Waals surface area (Å²) in [6.45, 7) is 4.23. The van der Waals surface area contributed by atoms with Crippen molar-refractivity contribution in [3.8, 4) is 5.75 Å². The number of para-hydroxylation sites is 2. The number of ether oxygens (including phenoxy) is 2. The lowest BCUT2D eigenvalue weighted by molar-refractivity contribution is 0.0197. The summed E-state index contributed by atoms with van der Waals surface area (Å²) in [4.78, 5) is 2.25. The van der Waals surface area contributed by atoms with Crippen LogP contribution in [0.15, 0.2) is 24.3 Å². The number of sulfonamides is 1. The van der Waals surface area contributed by atoms with Crippen molar-refractivity contribution in [3.63, 3.8) is 0 Å². The number of nitrogens with zero attached hydrogens (tertiary/aromatic N) is 2. The van der Waals surface area contributed by atoms with E-state index in [-0.39, 0.29) is 6.10 Å². The predicted molar refractivity (Wildman–Crippen MR) is 80.3 cm³/mol. The summed E-state index contributed by atoms with van der Waals surface area (Å²) in [7, 11) is -3.30. The summed E-state index contributed by atoms with van der Waals surface area (Å²) in [5, 5.41) is 0. The summed E-state index contributed by atoms with van der Waals surface area (Å²) < 4.78 is 36.8. The SMILES string of the molecule is CS(=O)(=O)N1CC(CN2CCOCC2)Oc2ccccc21. The van der Waals surface area contributed by atoms with Gasteiger partial charge in [-0.05, 0) is 12.1 Å². The zero-order valence-electron chi connectivity index (χ0n) is 12.1. The highest BCUT2D eigenvalue weighted by Gasteiger charge is 2.32. The summed E-state index contributed by atoms with van der Waals surface area (Å²) in [5.41, 5.74) is 0.623. The molecule has 6 nitrogen and oxygen atoms in total. The fourth-order valence-electron chi connectivity index (χ4n) is 2.74. The van der Waals surface area contributed by atoms with Gasteiger partial charge in [0.25, 0.3) is 0 Å². The zero-order chi connectivity index (χ0) is 14.9. The Bertz CT molecular complexity index is 599. The minimum Gasteiger partial charge on any atom is -0.485 e. The smallest absolute Gasteiger partial charge is 0.232 e. The Balaban J connectivity index is 1.80. The van der Waals surface area contributed by atoms with Gasteiger partial charge in [0, 0.05) is 19.6 Å². The van der Waals surface area contributed by atoms with Crippen molar-refractivity contribution in [2.45, 2.75) is 6.10 Å². The molecule has 0 spiro atoms. The van der Waals surface area contributed by atoms with Gasteiger partial charge in [-0.15, -0.1) is 0 Å². The molecule has 1 aromatic rings. The van der Waals surface area contributed by atoms with E-state index in [4.69, 9.17) is 9.47 Å². The molecule has 0 radical (unpaired) electrons. The van der Waals surface area contributed by atoms with Crippen LogP contribution in [-0.4, -0.2) is 65.1 Å². The Morgan fingerprint density at radius 3 is 2.67 bits per heavy atom. The van der Waals surface area contributed by atoms with E-state index in [2.05, 4.69) is 4.90 Å². The van der Waals surface area contributed by atoms with Gasteiger partial charge >= 0.3 is 0 Å². The normalized spacial score (nSPS) is 23.5. The van der Waals surface area contributed by atoms with Crippen LogP contribution >= 0.6 is 0 Å². The molecule has 2 aliphatic heterocycles. The van der Waals surface area contributed by atoms with Crippen LogP contribution < -0.4 is 9.04 Å². The highest BCUT2D eigenvalue weighted by atomic mass is 32.2.